The smallest absolute Gasteiger partial charge is 0.161 e. The molecule has 0 amide bonds. The number of piperidine rings is 1. The van der Waals surface area contributed by atoms with Crippen LogP contribution in [0.25, 0.3) is 6.08 Å². The maximum Gasteiger partial charge on any atom is 0.161 e. The van der Waals surface area contributed by atoms with Crippen LogP contribution < -0.4 is 4.74 Å². The SMILES string of the molecule is COc1cc(/C=C/CN2CCCCC2)ccc1O. The molecule has 0 bridgehead atoms. The van der Waals surface area contributed by atoms with E-state index in [1.807, 2.05) is 12.1 Å². The monoisotopic (exact) mass is 247 g/mol. The van der Waals surface area contributed by atoms with Gasteiger partial charge in [0.1, 0.15) is 0 Å². The molecule has 1 aliphatic heterocycles. The summed E-state index contributed by atoms with van der Waals surface area (Å²) in [7, 11) is 1.57. The van der Waals surface area contributed by atoms with Gasteiger partial charge in [-0.2, -0.15) is 0 Å². The molecule has 18 heavy (non-hydrogen) atoms. The summed E-state index contributed by atoms with van der Waals surface area (Å²) >= 11 is 0. The zero-order valence-corrected chi connectivity index (χ0v) is 10.9. The Morgan fingerprint density at radius 1 is 1.28 bits per heavy atom. The van der Waals surface area contributed by atoms with E-state index < -0.39 is 0 Å². The minimum atomic E-state index is 0.186. The summed E-state index contributed by atoms with van der Waals surface area (Å²) in [5.74, 6) is 0.709. The van der Waals surface area contributed by atoms with Crippen LogP contribution in [0.1, 0.15) is 24.8 Å². The largest absolute Gasteiger partial charge is 0.504 e. The second-order valence-electron chi connectivity index (χ2n) is 4.69. The van der Waals surface area contributed by atoms with Gasteiger partial charge in [0.25, 0.3) is 0 Å². The fourth-order valence-electron chi connectivity index (χ4n) is 2.28. The third-order valence-electron chi connectivity index (χ3n) is 3.33. The first kappa shape index (κ1) is 13.0. The first-order valence-corrected chi connectivity index (χ1v) is 6.55. The Hall–Kier alpha value is -1.48. The number of phenols is 1. The molecule has 1 N–H and O–H groups in total. The van der Waals surface area contributed by atoms with Crippen LogP contribution >= 0.6 is 0 Å². The van der Waals surface area contributed by atoms with Crippen LogP contribution in [0.2, 0.25) is 0 Å². The number of likely N-dealkylation sites (tertiary alicyclic amines) is 1. The van der Waals surface area contributed by atoms with Gasteiger partial charge in [-0.05, 0) is 43.6 Å². The first-order valence-electron chi connectivity index (χ1n) is 6.55. The molecule has 0 atom stereocenters. The lowest BCUT2D eigenvalue weighted by Crippen LogP contribution is -2.29. The Labute approximate surface area is 109 Å². The summed E-state index contributed by atoms with van der Waals surface area (Å²) < 4.78 is 5.09. The van der Waals surface area contributed by atoms with E-state index in [0.29, 0.717) is 5.75 Å². The molecule has 1 aromatic carbocycles. The highest BCUT2D eigenvalue weighted by atomic mass is 16.5. The summed E-state index contributed by atoms with van der Waals surface area (Å²) in [4.78, 5) is 2.47. The number of ether oxygens (including phenoxy) is 1. The fourth-order valence-corrected chi connectivity index (χ4v) is 2.28. The number of methoxy groups -OCH3 is 1. The molecule has 1 heterocycles. The second kappa shape index (κ2) is 6.45. The van der Waals surface area contributed by atoms with Gasteiger partial charge in [0.2, 0.25) is 0 Å². The highest BCUT2D eigenvalue weighted by Gasteiger charge is 2.07. The molecule has 3 heteroatoms. The Kier molecular flexibility index (Phi) is 4.65. The van der Waals surface area contributed by atoms with Crippen LogP contribution in [0, 0.1) is 0 Å². The van der Waals surface area contributed by atoms with Crippen LogP contribution in [0.4, 0.5) is 0 Å². The van der Waals surface area contributed by atoms with E-state index >= 15 is 0 Å². The molecule has 3 nitrogen and oxygen atoms in total. The van der Waals surface area contributed by atoms with Gasteiger partial charge in [0, 0.05) is 6.54 Å². The third kappa shape index (κ3) is 3.50. The lowest BCUT2D eigenvalue weighted by atomic mass is 10.1. The van der Waals surface area contributed by atoms with Gasteiger partial charge in [-0.3, -0.25) is 4.90 Å². The Morgan fingerprint density at radius 3 is 2.78 bits per heavy atom. The van der Waals surface area contributed by atoms with E-state index in [0.717, 1.165) is 12.1 Å². The van der Waals surface area contributed by atoms with Crippen LogP contribution in [0.5, 0.6) is 11.5 Å². The minimum absolute atomic E-state index is 0.186. The number of phenolic OH excluding ortho intramolecular Hbond substituents is 1. The lowest BCUT2D eigenvalue weighted by Gasteiger charge is -2.24. The van der Waals surface area contributed by atoms with Crippen LogP contribution in [0.3, 0.4) is 0 Å². The number of hydrogen-bond acceptors (Lipinski definition) is 3. The molecule has 98 valence electrons. The van der Waals surface area contributed by atoms with E-state index in [1.165, 1.54) is 32.4 Å². The molecule has 0 aromatic heterocycles. The van der Waals surface area contributed by atoms with Crippen molar-refractivity contribution in [3.05, 3.63) is 29.8 Å². The van der Waals surface area contributed by atoms with Gasteiger partial charge in [-0.1, -0.05) is 24.6 Å². The van der Waals surface area contributed by atoms with E-state index in [4.69, 9.17) is 4.74 Å². The number of benzene rings is 1. The molecule has 1 fully saturated rings. The van der Waals surface area contributed by atoms with Crippen molar-refractivity contribution < 1.29 is 9.84 Å². The van der Waals surface area contributed by atoms with Gasteiger partial charge >= 0.3 is 0 Å². The van der Waals surface area contributed by atoms with Crippen LogP contribution in [-0.2, 0) is 0 Å². The average molecular weight is 247 g/mol. The van der Waals surface area contributed by atoms with E-state index in [9.17, 15) is 5.11 Å². The van der Waals surface area contributed by atoms with E-state index in [2.05, 4.69) is 17.1 Å². The van der Waals surface area contributed by atoms with Crippen molar-refractivity contribution in [1.82, 2.24) is 4.90 Å². The summed E-state index contributed by atoms with van der Waals surface area (Å²) in [6.07, 6.45) is 8.27. The standard InChI is InChI=1S/C15H21NO2/c1-18-15-12-13(7-8-14(15)17)6-5-11-16-9-3-2-4-10-16/h5-8,12,17H,2-4,9-11H2,1H3/b6-5+. The molecule has 1 aromatic rings. The third-order valence-corrected chi connectivity index (χ3v) is 3.33. The normalized spacial score (nSPS) is 17.2. The molecule has 0 unspecified atom stereocenters. The van der Waals surface area contributed by atoms with E-state index in [1.54, 1.807) is 13.2 Å². The highest BCUT2D eigenvalue weighted by molar-refractivity contribution is 5.55. The Balaban J connectivity index is 1.91. The topological polar surface area (TPSA) is 32.7 Å². The zero-order chi connectivity index (χ0) is 12.8. The summed E-state index contributed by atoms with van der Waals surface area (Å²) in [6.45, 7) is 3.43. The maximum absolute atomic E-state index is 9.51. The first-order chi connectivity index (χ1) is 8.79. The van der Waals surface area contributed by atoms with Gasteiger partial charge in [0.15, 0.2) is 11.5 Å². The van der Waals surface area contributed by atoms with E-state index in [-0.39, 0.29) is 5.75 Å². The van der Waals surface area contributed by atoms with Crippen molar-refractivity contribution in [2.45, 2.75) is 19.3 Å². The Morgan fingerprint density at radius 2 is 2.06 bits per heavy atom. The molecule has 0 radical (unpaired) electrons. The highest BCUT2D eigenvalue weighted by Crippen LogP contribution is 2.26. The quantitative estimate of drug-likeness (QED) is 0.888. The maximum atomic E-state index is 9.51. The van der Waals surface area contributed by atoms with Gasteiger partial charge in [0.05, 0.1) is 7.11 Å². The molecule has 1 saturated heterocycles. The summed E-state index contributed by atoms with van der Waals surface area (Å²) in [6, 6.07) is 5.41. The number of hydrogen-bond donors (Lipinski definition) is 1. The predicted molar refractivity (Wildman–Crippen MR) is 74.0 cm³/mol. The molecular formula is C15H21NO2. The zero-order valence-electron chi connectivity index (χ0n) is 10.9. The number of aromatic hydroxyl groups is 1. The molecule has 2 rings (SSSR count). The van der Waals surface area contributed by atoms with Crippen molar-refractivity contribution in [1.29, 1.82) is 0 Å². The molecule has 1 aliphatic rings. The molecule has 0 saturated carbocycles. The van der Waals surface area contributed by atoms with Crippen molar-refractivity contribution in [2.75, 3.05) is 26.7 Å². The van der Waals surface area contributed by atoms with Crippen LogP contribution in [-0.4, -0.2) is 36.8 Å². The van der Waals surface area contributed by atoms with Crippen molar-refractivity contribution >= 4 is 6.08 Å². The lowest BCUT2D eigenvalue weighted by molar-refractivity contribution is 0.252. The van der Waals surface area contributed by atoms with Crippen molar-refractivity contribution in [2.24, 2.45) is 0 Å². The van der Waals surface area contributed by atoms with Crippen molar-refractivity contribution in [3.8, 4) is 11.5 Å². The van der Waals surface area contributed by atoms with Gasteiger partial charge in [-0.15, -0.1) is 0 Å². The van der Waals surface area contributed by atoms with Gasteiger partial charge in [-0.25, -0.2) is 0 Å². The predicted octanol–water partition coefficient (Wildman–Crippen LogP) is 2.90. The number of nitrogens with zero attached hydrogens (tertiary/aromatic N) is 1. The summed E-state index contributed by atoms with van der Waals surface area (Å²) in [5.41, 5.74) is 1.06. The van der Waals surface area contributed by atoms with Gasteiger partial charge < -0.3 is 9.84 Å². The fraction of sp³-hybridized carbons (Fsp3) is 0.467. The average Bonchev–Trinajstić information content (AvgIpc) is 2.42. The molecular weight excluding hydrogens is 226 g/mol. The van der Waals surface area contributed by atoms with Crippen molar-refractivity contribution in [3.63, 3.8) is 0 Å². The molecule has 0 spiro atoms. The molecule has 0 aliphatic carbocycles. The van der Waals surface area contributed by atoms with Crippen LogP contribution in [0.15, 0.2) is 24.3 Å². The second-order valence-corrected chi connectivity index (χ2v) is 4.69. The summed E-state index contributed by atoms with van der Waals surface area (Å²) in [5, 5.41) is 9.51. The Bertz CT molecular complexity index is 409. The minimum Gasteiger partial charge on any atom is -0.504 e. The number of rotatable bonds is 4.